The third-order valence-corrected chi connectivity index (χ3v) is 1.46. The van der Waals surface area contributed by atoms with Gasteiger partial charge >= 0.3 is 0 Å². The van der Waals surface area contributed by atoms with E-state index in [1.54, 1.807) is 0 Å². The van der Waals surface area contributed by atoms with Crippen molar-refractivity contribution in [1.82, 2.24) is 4.98 Å². The molecule has 0 aliphatic carbocycles. The minimum absolute atomic E-state index is 0.0556. The summed E-state index contributed by atoms with van der Waals surface area (Å²) in [7, 11) is 0. The fourth-order valence-corrected chi connectivity index (χ4v) is 0.869. The van der Waals surface area contributed by atoms with E-state index in [-0.39, 0.29) is 12.6 Å². The number of nitrogens with two attached hydrogens (primary N) is 1. The first kappa shape index (κ1) is 7.31. The molecule has 0 aliphatic rings. The monoisotopic (exact) mass is 140 g/mol. The van der Waals surface area contributed by atoms with Crippen LogP contribution in [-0.4, -0.2) is 16.7 Å². The van der Waals surface area contributed by atoms with Gasteiger partial charge in [-0.3, -0.25) is 0 Å². The smallest absolute Gasteiger partial charge is 0.0469 e. The van der Waals surface area contributed by atoms with Crippen molar-refractivity contribution in [2.45, 2.75) is 12.5 Å². The van der Waals surface area contributed by atoms with Gasteiger partial charge < -0.3 is 15.8 Å². The number of aliphatic hydroxyl groups excluding tert-OH is 1. The molecule has 3 nitrogen and oxygen atoms in total. The predicted molar refractivity (Wildman–Crippen MR) is 39.4 cm³/mol. The second-order valence-electron chi connectivity index (χ2n) is 2.24. The lowest BCUT2D eigenvalue weighted by Gasteiger charge is -2.05. The topological polar surface area (TPSA) is 62.0 Å². The lowest BCUT2D eigenvalue weighted by Crippen LogP contribution is -2.11. The minimum Gasteiger partial charge on any atom is -0.396 e. The van der Waals surface area contributed by atoms with Gasteiger partial charge in [0.2, 0.25) is 0 Å². The molecular weight excluding hydrogens is 128 g/mol. The van der Waals surface area contributed by atoms with Crippen molar-refractivity contribution >= 4 is 0 Å². The number of hydrogen-bond acceptors (Lipinski definition) is 2. The normalized spacial score (nSPS) is 13.4. The van der Waals surface area contributed by atoms with Crippen molar-refractivity contribution in [3.63, 3.8) is 0 Å². The summed E-state index contributed by atoms with van der Waals surface area (Å²) < 4.78 is 0. The lowest BCUT2D eigenvalue weighted by atomic mass is 10.2. The SMILES string of the molecule is N[C@H](CCO)c1ccc[nH]1. The van der Waals surface area contributed by atoms with Crippen LogP contribution in [0.5, 0.6) is 0 Å². The maximum atomic E-state index is 8.54. The molecule has 1 rings (SSSR count). The predicted octanol–water partition coefficient (Wildman–Crippen LogP) is 0.397. The first-order valence-electron chi connectivity index (χ1n) is 3.34. The van der Waals surface area contributed by atoms with Gasteiger partial charge in [-0.2, -0.15) is 0 Å². The van der Waals surface area contributed by atoms with E-state index in [1.807, 2.05) is 18.3 Å². The summed E-state index contributed by atoms with van der Waals surface area (Å²) in [6.07, 6.45) is 2.44. The van der Waals surface area contributed by atoms with Gasteiger partial charge in [-0.25, -0.2) is 0 Å². The van der Waals surface area contributed by atoms with Gasteiger partial charge in [0, 0.05) is 24.5 Å². The van der Waals surface area contributed by atoms with E-state index >= 15 is 0 Å². The summed E-state index contributed by atoms with van der Waals surface area (Å²) in [5.41, 5.74) is 6.64. The average Bonchev–Trinajstić information content (AvgIpc) is 2.38. The van der Waals surface area contributed by atoms with Gasteiger partial charge in [-0.05, 0) is 18.6 Å². The summed E-state index contributed by atoms with van der Waals surface area (Å²) in [4.78, 5) is 2.99. The Morgan fingerprint density at radius 1 is 1.70 bits per heavy atom. The minimum atomic E-state index is -0.0556. The van der Waals surface area contributed by atoms with Gasteiger partial charge in [-0.1, -0.05) is 0 Å². The molecule has 0 bridgehead atoms. The highest BCUT2D eigenvalue weighted by Crippen LogP contribution is 2.09. The molecule has 0 radical (unpaired) electrons. The fraction of sp³-hybridized carbons (Fsp3) is 0.429. The number of H-pyrrole nitrogens is 1. The standard InChI is InChI=1S/C7H12N2O/c8-6(3-5-10)7-2-1-4-9-7/h1-2,4,6,9-10H,3,5,8H2/t6-/m1/s1. The number of aliphatic hydroxyl groups is 1. The van der Waals surface area contributed by atoms with Crippen LogP contribution in [0.25, 0.3) is 0 Å². The molecule has 1 heterocycles. The van der Waals surface area contributed by atoms with Gasteiger partial charge in [0.15, 0.2) is 0 Å². The second-order valence-corrected chi connectivity index (χ2v) is 2.24. The van der Waals surface area contributed by atoms with Crippen LogP contribution in [0.1, 0.15) is 18.2 Å². The van der Waals surface area contributed by atoms with E-state index in [1.165, 1.54) is 0 Å². The molecule has 0 amide bonds. The van der Waals surface area contributed by atoms with Crippen molar-refractivity contribution < 1.29 is 5.11 Å². The molecule has 0 fully saturated rings. The van der Waals surface area contributed by atoms with Crippen LogP contribution in [-0.2, 0) is 0 Å². The zero-order chi connectivity index (χ0) is 7.40. The molecule has 0 aromatic carbocycles. The summed E-state index contributed by atoms with van der Waals surface area (Å²) in [5.74, 6) is 0. The third-order valence-electron chi connectivity index (χ3n) is 1.46. The molecule has 0 saturated carbocycles. The molecule has 56 valence electrons. The first-order valence-corrected chi connectivity index (χ1v) is 3.34. The van der Waals surface area contributed by atoms with Gasteiger partial charge in [0.25, 0.3) is 0 Å². The molecule has 0 unspecified atom stereocenters. The Balaban J connectivity index is 2.50. The summed E-state index contributed by atoms with van der Waals surface area (Å²) >= 11 is 0. The maximum Gasteiger partial charge on any atom is 0.0469 e. The summed E-state index contributed by atoms with van der Waals surface area (Å²) in [6, 6.07) is 3.76. The molecule has 0 saturated heterocycles. The Kier molecular flexibility index (Phi) is 2.48. The molecule has 3 heteroatoms. The van der Waals surface area contributed by atoms with Crippen LogP contribution in [0, 0.1) is 0 Å². The second kappa shape index (κ2) is 3.39. The molecule has 1 aromatic heterocycles. The highest BCUT2D eigenvalue weighted by atomic mass is 16.3. The van der Waals surface area contributed by atoms with Crippen LogP contribution >= 0.6 is 0 Å². The van der Waals surface area contributed by atoms with Gasteiger partial charge in [-0.15, -0.1) is 0 Å². The van der Waals surface area contributed by atoms with Crippen molar-refractivity contribution in [2.24, 2.45) is 5.73 Å². The molecule has 1 aromatic rings. The molecular formula is C7H12N2O. The fourth-order valence-electron chi connectivity index (χ4n) is 0.869. The van der Waals surface area contributed by atoms with Gasteiger partial charge in [0.1, 0.15) is 0 Å². The van der Waals surface area contributed by atoms with Crippen LogP contribution in [0.2, 0.25) is 0 Å². The lowest BCUT2D eigenvalue weighted by molar-refractivity contribution is 0.276. The highest BCUT2D eigenvalue weighted by Gasteiger charge is 2.03. The number of rotatable bonds is 3. The van der Waals surface area contributed by atoms with Crippen molar-refractivity contribution in [1.29, 1.82) is 0 Å². The zero-order valence-electron chi connectivity index (χ0n) is 5.75. The molecule has 10 heavy (non-hydrogen) atoms. The molecule has 1 atom stereocenters. The van der Waals surface area contributed by atoms with E-state index < -0.39 is 0 Å². The van der Waals surface area contributed by atoms with Crippen molar-refractivity contribution in [3.8, 4) is 0 Å². The Hall–Kier alpha value is -0.800. The van der Waals surface area contributed by atoms with Crippen LogP contribution < -0.4 is 5.73 Å². The Morgan fingerprint density at radius 3 is 3.00 bits per heavy atom. The van der Waals surface area contributed by atoms with Crippen LogP contribution in [0.15, 0.2) is 18.3 Å². The molecule has 0 spiro atoms. The first-order chi connectivity index (χ1) is 4.84. The third kappa shape index (κ3) is 1.59. The van der Waals surface area contributed by atoms with E-state index in [9.17, 15) is 0 Å². The number of hydrogen-bond donors (Lipinski definition) is 3. The number of aromatic nitrogens is 1. The Bertz CT molecular complexity index is 172. The zero-order valence-corrected chi connectivity index (χ0v) is 5.75. The average molecular weight is 140 g/mol. The number of aromatic amines is 1. The Morgan fingerprint density at radius 2 is 2.50 bits per heavy atom. The molecule has 4 N–H and O–H groups in total. The van der Waals surface area contributed by atoms with E-state index in [2.05, 4.69) is 4.98 Å². The molecule has 0 aliphatic heterocycles. The van der Waals surface area contributed by atoms with Crippen molar-refractivity contribution in [2.75, 3.05) is 6.61 Å². The summed E-state index contributed by atoms with van der Waals surface area (Å²) in [6.45, 7) is 0.139. The van der Waals surface area contributed by atoms with E-state index in [0.717, 1.165) is 5.69 Å². The largest absolute Gasteiger partial charge is 0.396 e. The quantitative estimate of drug-likeness (QED) is 0.569. The highest BCUT2D eigenvalue weighted by molar-refractivity contribution is 5.07. The Labute approximate surface area is 59.9 Å². The maximum absolute atomic E-state index is 8.54. The van der Waals surface area contributed by atoms with Gasteiger partial charge in [0.05, 0.1) is 0 Å². The van der Waals surface area contributed by atoms with E-state index in [0.29, 0.717) is 6.42 Å². The summed E-state index contributed by atoms with van der Waals surface area (Å²) in [5, 5.41) is 8.54. The van der Waals surface area contributed by atoms with Crippen LogP contribution in [0.3, 0.4) is 0 Å². The number of nitrogens with one attached hydrogen (secondary N) is 1. The van der Waals surface area contributed by atoms with Crippen molar-refractivity contribution in [3.05, 3.63) is 24.0 Å². The van der Waals surface area contributed by atoms with E-state index in [4.69, 9.17) is 10.8 Å². The van der Waals surface area contributed by atoms with Crippen LogP contribution in [0.4, 0.5) is 0 Å².